The molecular weight excluding hydrogens is 417 g/mol. The zero-order valence-corrected chi connectivity index (χ0v) is 13.8. The molecule has 98 valence electrons. The minimum Gasteiger partial charge on any atom is -0.370 e. The summed E-state index contributed by atoms with van der Waals surface area (Å²) in [5.74, 6) is 0.408. The summed E-state index contributed by atoms with van der Waals surface area (Å²) in [5, 5.41) is 3.09. The summed E-state index contributed by atoms with van der Waals surface area (Å²) < 4.78 is 2.13. The van der Waals surface area contributed by atoms with Crippen LogP contribution < -0.4 is 11.1 Å². The van der Waals surface area contributed by atoms with E-state index in [0.29, 0.717) is 12.5 Å². The second kappa shape index (κ2) is 6.91. The highest BCUT2D eigenvalue weighted by Crippen LogP contribution is 2.24. The Labute approximate surface area is 134 Å². The van der Waals surface area contributed by atoms with E-state index >= 15 is 0 Å². The first-order chi connectivity index (χ1) is 9.15. The van der Waals surface area contributed by atoms with Gasteiger partial charge in [-0.25, -0.2) is 4.99 Å². The van der Waals surface area contributed by atoms with Crippen LogP contribution in [0.3, 0.4) is 0 Å². The molecule has 3 nitrogen and oxygen atoms in total. The third-order valence-corrected chi connectivity index (χ3v) is 3.80. The predicted molar refractivity (Wildman–Crippen MR) is 92.3 cm³/mol. The smallest absolute Gasteiger partial charge is 0.193 e. The molecule has 0 spiro atoms. The maximum absolute atomic E-state index is 5.88. The van der Waals surface area contributed by atoms with Crippen molar-refractivity contribution in [1.82, 2.24) is 0 Å². The number of anilines is 1. The molecule has 0 amide bonds. The summed E-state index contributed by atoms with van der Waals surface area (Å²) in [6.07, 6.45) is 0. The maximum atomic E-state index is 5.88. The molecule has 0 saturated heterocycles. The van der Waals surface area contributed by atoms with Gasteiger partial charge in [-0.2, -0.15) is 0 Å². The van der Waals surface area contributed by atoms with Gasteiger partial charge >= 0.3 is 0 Å². The van der Waals surface area contributed by atoms with E-state index in [4.69, 9.17) is 5.73 Å². The minimum atomic E-state index is 0.408. The molecule has 0 fully saturated rings. The van der Waals surface area contributed by atoms with Crippen LogP contribution in [0.15, 0.2) is 58.0 Å². The van der Waals surface area contributed by atoms with Crippen molar-refractivity contribution in [2.45, 2.75) is 6.54 Å². The molecule has 3 N–H and O–H groups in total. The number of benzene rings is 2. The molecule has 5 heteroatoms. The van der Waals surface area contributed by atoms with Gasteiger partial charge in [-0.3, -0.25) is 0 Å². The Hall–Kier alpha value is -1.08. The van der Waals surface area contributed by atoms with Crippen molar-refractivity contribution in [2.24, 2.45) is 10.7 Å². The first-order valence-electron chi connectivity index (χ1n) is 5.71. The Balaban J connectivity index is 2.02. The Morgan fingerprint density at radius 3 is 2.63 bits per heavy atom. The number of hydrogen-bond donors (Lipinski definition) is 2. The van der Waals surface area contributed by atoms with Crippen molar-refractivity contribution in [2.75, 3.05) is 5.32 Å². The van der Waals surface area contributed by atoms with Crippen LogP contribution in [0.1, 0.15) is 5.56 Å². The van der Waals surface area contributed by atoms with Gasteiger partial charge in [-0.15, -0.1) is 0 Å². The lowest BCUT2D eigenvalue weighted by atomic mass is 10.2. The number of aliphatic imine (C=N–C) groups is 1. The van der Waals surface area contributed by atoms with Gasteiger partial charge in [0, 0.05) is 8.04 Å². The number of hydrogen-bond acceptors (Lipinski definition) is 1. The molecule has 0 aliphatic carbocycles. The third kappa shape index (κ3) is 4.50. The molecule has 2 aromatic carbocycles. The zero-order valence-electron chi connectivity index (χ0n) is 10.1. The second-order valence-electron chi connectivity index (χ2n) is 3.94. The molecular formula is C14H13BrIN3. The lowest BCUT2D eigenvalue weighted by molar-refractivity contribution is 1.06. The van der Waals surface area contributed by atoms with Crippen LogP contribution in [0, 0.1) is 3.57 Å². The van der Waals surface area contributed by atoms with Crippen LogP contribution in [0.4, 0.5) is 5.69 Å². The number of nitrogens with zero attached hydrogens (tertiary/aromatic N) is 1. The topological polar surface area (TPSA) is 50.4 Å². The van der Waals surface area contributed by atoms with E-state index in [2.05, 4.69) is 48.8 Å². The van der Waals surface area contributed by atoms with E-state index in [1.807, 2.05) is 48.5 Å². The van der Waals surface area contributed by atoms with Gasteiger partial charge in [-0.1, -0.05) is 30.3 Å². The fraction of sp³-hybridized carbons (Fsp3) is 0.0714. The Bertz CT molecular complexity index is 584. The fourth-order valence-electron chi connectivity index (χ4n) is 1.53. The number of rotatable bonds is 3. The molecule has 0 unspecified atom stereocenters. The lowest BCUT2D eigenvalue weighted by Crippen LogP contribution is -2.22. The molecule has 0 bridgehead atoms. The standard InChI is InChI=1S/C14H13BrIN3/c15-12-8-11(16)6-7-13(12)19-14(17)18-9-10-4-2-1-3-5-10/h1-8H,9H2,(H3,17,18,19). The average molecular weight is 430 g/mol. The van der Waals surface area contributed by atoms with Crippen LogP contribution in [0.5, 0.6) is 0 Å². The molecule has 19 heavy (non-hydrogen) atoms. The van der Waals surface area contributed by atoms with Gasteiger partial charge in [-0.05, 0) is 62.3 Å². The third-order valence-electron chi connectivity index (χ3n) is 2.47. The molecule has 0 aliphatic heterocycles. The minimum absolute atomic E-state index is 0.408. The van der Waals surface area contributed by atoms with E-state index in [1.165, 1.54) is 0 Å². The molecule has 2 aromatic rings. The lowest BCUT2D eigenvalue weighted by Gasteiger charge is -2.08. The summed E-state index contributed by atoms with van der Waals surface area (Å²) in [5.41, 5.74) is 7.92. The highest BCUT2D eigenvalue weighted by atomic mass is 127. The van der Waals surface area contributed by atoms with Gasteiger partial charge < -0.3 is 11.1 Å². The van der Waals surface area contributed by atoms with Crippen molar-refractivity contribution < 1.29 is 0 Å². The number of halogens is 2. The Morgan fingerprint density at radius 1 is 1.21 bits per heavy atom. The molecule has 0 aliphatic rings. The van der Waals surface area contributed by atoms with Crippen LogP contribution >= 0.6 is 38.5 Å². The Kier molecular flexibility index (Phi) is 5.21. The summed E-state index contributed by atoms with van der Waals surface area (Å²) in [4.78, 5) is 4.31. The molecule has 0 radical (unpaired) electrons. The highest BCUT2D eigenvalue weighted by molar-refractivity contribution is 14.1. The average Bonchev–Trinajstić information content (AvgIpc) is 2.41. The van der Waals surface area contributed by atoms with E-state index in [9.17, 15) is 0 Å². The van der Waals surface area contributed by atoms with Gasteiger partial charge in [0.2, 0.25) is 0 Å². The summed E-state index contributed by atoms with van der Waals surface area (Å²) in [6, 6.07) is 16.0. The maximum Gasteiger partial charge on any atom is 0.193 e. The van der Waals surface area contributed by atoms with E-state index in [1.54, 1.807) is 0 Å². The Morgan fingerprint density at radius 2 is 1.95 bits per heavy atom. The van der Waals surface area contributed by atoms with Crippen molar-refractivity contribution in [3.8, 4) is 0 Å². The number of guanidine groups is 1. The van der Waals surface area contributed by atoms with Crippen LogP contribution in [-0.2, 0) is 6.54 Å². The molecule has 0 atom stereocenters. The molecule has 0 aromatic heterocycles. The van der Waals surface area contributed by atoms with E-state index in [-0.39, 0.29) is 0 Å². The van der Waals surface area contributed by atoms with Crippen LogP contribution in [-0.4, -0.2) is 5.96 Å². The van der Waals surface area contributed by atoms with Gasteiger partial charge in [0.05, 0.1) is 12.2 Å². The first-order valence-corrected chi connectivity index (χ1v) is 7.58. The second-order valence-corrected chi connectivity index (χ2v) is 6.04. The van der Waals surface area contributed by atoms with Crippen molar-refractivity contribution in [1.29, 1.82) is 0 Å². The van der Waals surface area contributed by atoms with Gasteiger partial charge in [0.25, 0.3) is 0 Å². The van der Waals surface area contributed by atoms with Crippen LogP contribution in [0.2, 0.25) is 0 Å². The summed E-state index contributed by atoms with van der Waals surface area (Å²) in [7, 11) is 0. The summed E-state index contributed by atoms with van der Waals surface area (Å²) >= 11 is 5.75. The molecule has 0 heterocycles. The monoisotopic (exact) mass is 429 g/mol. The predicted octanol–water partition coefficient (Wildman–Crippen LogP) is 3.98. The molecule has 2 rings (SSSR count). The van der Waals surface area contributed by atoms with E-state index in [0.717, 1.165) is 19.3 Å². The highest BCUT2D eigenvalue weighted by Gasteiger charge is 2.01. The quantitative estimate of drug-likeness (QED) is 0.440. The largest absolute Gasteiger partial charge is 0.370 e. The number of nitrogens with two attached hydrogens (primary N) is 1. The first kappa shape index (κ1) is 14.3. The fourth-order valence-corrected chi connectivity index (χ4v) is 2.93. The van der Waals surface area contributed by atoms with Gasteiger partial charge in [0.15, 0.2) is 5.96 Å². The van der Waals surface area contributed by atoms with Crippen molar-refractivity contribution in [3.05, 3.63) is 62.1 Å². The van der Waals surface area contributed by atoms with Crippen molar-refractivity contribution >= 4 is 50.2 Å². The van der Waals surface area contributed by atoms with Crippen molar-refractivity contribution in [3.63, 3.8) is 0 Å². The summed E-state index contributed by atoms with van der Waals surface area (Å²) in [6.45, 7) is 0.571. The van der Waals surface area contributed by atoms with E-state index < -0.39 is 0 Å². The van der Waals surface area contributed by atoms with Crippen LogP contribution in [0.25, 0.3) is 0 Å². The normalized spacial score (nSPS) is 11.4. The van der Waals surface area contributed by atoms with Gasteiger partial charge in [0.1, 0.15) is 0 Å². The SMILES string of the molecule is NC(=NCc1ccccc1)Nc1ccc(I)cc1Br. The molecule has 0 saturated carbocycles. The number of nitrogens with one attached hydrogen (secondary N) is 1. The zero-order chi connectivity index (χ0) is 13.7.